The van der Waals surface area contributed by atoms with E-state index in [2.05, 4.69) is 15.5 Å². The quantitative estimate of drug-likeness (QED) is 0.680. The Hall–Kier alpha value is -1.36. The van der Waals surface area contributed by atoms with Crippen LogP contribution in [0.1, 0.15) is 32.4 Å². The average Bonchev–Trinajstić information content (AvgIpc) is 2.73. The monoisotopic (exact) mass is 224 g/mol. The van der Waals surface area contributed by atoms with E-state index in [1.54, 1.807) is 0 Å². The minimum absolute atomic E-state index is 0.00241. The minimum atomic E-state index is -0.0228. The standard InChI is InChI=1S/C11H20N4O/c1-3-9-7-10(15-14-9)13-11(16)8(2)5-4-6-12/h7-8H,3-6,12H2,1-2H3,(H2,13,14,15,16). The van der Waals surface area contributed by atoms with E-state index in [1.807, 2.05) is 19.9 Å². The van der Waals surface area contributed by atoms with Gasteiger partial charge < -0.3 is 11.1 Å². The highest BCUT2D eigenvalue weighted by atomic mass is 16.1. The van der Waals surface area contributed by atoms with Gasteiger partial charge in [0.2, 0.25) is 5.91 Å². The summed E-state index contributed by atoms with van der Waals surface area (Å²) in [5, 5.41) is 9.65. The third-order valence-electron chi connectivity index (χ3n) is 2.55. The molecule has 0 aliphatic carbocycles. The van der Waals surface area contributed by atoms with Crippen LogP contribution in [0.5, 0.6) is 0 Å². The van der Waals surface area contributed by atoms with Crippen molar-refractivity contribution in [2.24, 2.45) is 11.7 Å². The zero-order valence-electron chi connectivity index (χ0n) is 9.92. The fourth-order valence-electron chi connectivity index (χ4n) is 1.41. The summed E-state index contributed by atoms with van der Waals surface area (Å²) in [5.74, 6) is 0.578. The van der Waals surface area contributed by atoms with E-state index in [0.717, 1.165) is 25.0 Å². The number of hydrogen-bond acceptors (Lipinski definition) is 3. The first-order valence-electron chi connectivity index (χ1n) is 5.72. The van der Waals surface area contributed by atoms with E-state index in [1.165, 1.54) is 0 Å². The van der Waals surface area contributed by atoms with E-state index in [9.17, 15) is 4.79 Å². The van der Waals surface area contributed by atoms with Gasteiger partial charge in [-0.3, -0.25) is 9.89 Å². The molecule has 5 heteroatoms. The molecular weight excluding hydrogens is 204 g/mol. The molecule has 1 aromatic rings. The molecule has 0 radical (unpaired) electrons. The molecule has 1 rings (SSSR count). The Labute approximate surface area is 95.8 Å². The minimum Gasteiger partial charge on any atom is -0.330 e. The lowest BCUT2D eigenvalue weighted by molar-refractivity contribution is -0.119. The third-order valence-corrected chi connectivity index (χ3v) is 2.55. The second-order valence-corrected chi connectivity index (χ2v) is 3.95. The number of hydrogen-bond donors (Lipinski definition) is 3. The smallest absolute Gasteiger partial charge is 0.228 e. The van der Waals surface area contributed by atoms with Gasteiger partial charge in [0.25, 0.3) is 0 Å². The van der Waals surface area contributed by atoms with Crippen LogP contribution in [-0.4, -0.2) is 22.6 Å². The molecule has 0 saturated carbocycles. The van der Waals surface area contributed by atoms with E-state index in [0.29, 0.717) is 12.4 Å². The van der Waals surface area contributed by atoms with Crippen LogP contribution in [0.25, 0.3) is 0 Å². The van der Waals surface area contributed by atoms with Crippen molar-refractivity contribution < 1.29 is 4.79 Å². The van der Waals surface area contributed by atoms with Gasteiger partial charge in [0.15, 0.2) is 5.82 Å². The molecule has 16 heavy (non-hydrogen) atoms. The fourth-order valence-corrected chi connectivity index (χ4v) is 1.41. The highest BCUT2D eigenvalue weighted by molar-refractivity contribution is 5.91. The van der Waals surface area contributed by atoms with Crippen molar-refractivity contribution in [2.45, 2.75) is 33.1 Å². The highest BCUT2D eigenvalue weighted by Gasteiger charge is 2.13. The zero-order valence-corrected chi connectivity index (χ0v) is 9.92. The number of H-pyrrole nitrogens is 1. The summed E-state index contributed by atoms with van der Waals surface area (Å²) in [5.41, 5.74) is 6.42. The first-order valence-corrected chi connectivity index (χ1v) is 5.72. The van der Waals surface area contributed by atoms with Gasteiger partial charge in [-0.1, -0.05) is 13.8 Å². The second kappa shape index (κ2) is 6.27. The maximum absolute atomic E-state index is 11.7. The Morgan fingerprint density at radius 1 is 1.69 bits per heavy atom. The van der Waals surface area contributed by atoms with Gasteiger partial charge in [0.05, 0.1) is 0 Å². The largest absolute Gasteiger partial charge is 0.330 e. The number of nitrogens with two attached hydrogens (primary N) is 1. The summed E-state index contributed by atoms with van der Waals surface area (Å²) >= 11 is 0. The van der Waals surface area contributed by atoms with Gasteiger partial charge in [-0.2, -0.15) is 5.10 Å². The molecule has 1 unspecified atom stereocenters. The summed E-state index contributed by atoms with van der Waals surface area (Å²) < 4.78 is 0. The molecule has 0 aliphatic rings. The molecule has 4 N–H and O–H groups in total. The fraction of sp³-hybridized carbons (Fsp3) is 0.636. The van der Waals surface area contributed by atoms with Crippen LogP contribution in [0.15, 0.2) is 6.07 Å². The Kier molecular flexibility index (Phi) is 4.98. The Bertz CT molecular complexity index is 334. The van der Waals surface area contributed by atoms with Crippen molar-refractivity contribution in [1.29, 1.82) is 0 Å². The molecule has 0 bridgehead atoms. The zero-order chi connectivity index (χ0) is 12.0. The number of carbonyl (C=O) groups is 1. The van der Waals surface area contributed by atoms with Crippen molar-refractivity contribution in [3.8, 4) is 0 Å². The van der Waals surface area contributed by atoms with Crippen LogP contribution in [0.3, 0.4) is 0 Å². The molecule has 1 aromatic heterocycles. The molecule has 1 heterocycles. The molecule has 5 nitrogen and oxygen atoms in total. The first-order chi connectivity index (χ1) is 7.67. The van der Waals surface area contributed by atoms with Crippen molar-refractivity contribution in [1.82, 2.24) is 10.2 Å². The molecule has 0 aromatic carbocycles. The van der Waals surface area contributed by atoms with Gasteiger partial charge in [-0.25, -0.2) is 0 Å². The van der Waals surface area contributed by atoms with Crippen LogP contribution >= 0.6 is 0 Å². The van der Waals surface area contributed by atoms with Crippen LogP contribution in [0, 0.1) is 5.92 Å². The number of anilines is 1. The van der Waals surface area contributed by atoms with Gasteiger partial charge in [0, 0.05) is 17.7 Å². The molecule has 0 aliphatic heterocycles. The van der Waals surface area contributed by atoms with Crippen LogP contribution in [-0.2, 0) is 11.2 Å². The number of nitrogens with one attached hydrogen (secondary N) is 2. The molecule has 0 saturated heterocycles. The number of aromatic nitrogens is 2. The van der Waals surface area contributed by atoms with E-state index in [4.69, 9.17) is 5.73 Å². The third kappa shape index (κ3) is 3.66. The summed E-state index contributed by atoms with van der Waals surface area (Å²) in [6.45, 7) is 4.56. The number of rotatable bonds is 6. The van der Waals surface area contributed by atoms with E-state index >= 15 is 0 Å². The molecule has 0 fully saturated rings. The van der Waals surface area contributed by atoms with Gasteiger partial charge in [-0.05, 0) is 25.8 Å². The number of amides is 1. The van der Waals surface area contributed by atoms with Gasteiger partial charge in [-0.15, -0.1) is 0 Å². The number of nitrogens with zero attached hydrogens (tertiary/aromatic N) is 1. The highest BCUT2D eigenvalue weighted by Crippen LogP contribution is 2.10. The summed E-state index contributed by atoms with van der Waals surface area (Å²) in [6, 6.07) is 1.85. The van der Waals surface area contributed by atoms with Crippen molar-refractivity contribution in [3.63, 3.8) is 0 Å². The summed E-state index contributed by atoms with van der Waals surface area (Å²) in [7, 11) is 0. The lowest BCUT2D eigenvalue weighted by Crippen LogP contribution is -2.21. The van der Waals surface area contributed by atoms with Crippen molar-refractivity contribution in [2.75, 3.05) is 11.9 Å². The van der Waals surface area contributed by atoms with Crippen LogP contribution in [0.4, 0.5) is 5.82 Å². The van der Waals surface area contributed by atoms with Crippen molar-refractivity contribution in [3.05, 3.63) is 11.8 Å². The maximum atomic E-state index is 11.7. The number of aromatic amines is 1. The van der Waals surface area contributed by atoms with Gasteiger partial charge >= 0.3 is 0 Å². The Morgan fingerprint density at radius 2 is 2.44 bits per heavy atom. The molecule has 0 spiro atoms. The lowest BCUT2D eigenvalue weighted by Gasteiger charge is -2.09. The molecule has 90 valence electrons. The summed E-state index contributed by atoms with van der Waals surface area (Å²) in [6.07, 6.45) is 2.56. The molecular formula is C11H20N4O. The van der Waals surface area contributed by atoms with Crippen LogP contribution in [0.2, 0.25) is 0 Å². The maximum Gasteiger partial charge on any atom is 0.228 e. The predicted octanol–water partition coefficient (Wildman–Crippen LogP) is 1.29. The topological polar surface area (TPSA) is 83.8 Å². The number of carbonyl (C=O) groups excluding carboxylic acids is 1. The van der Waals surface area contributed by atoms with E-state index < -0.39 is 0 Å². The Morgan fingerprint density at radius 3 is 3.00 bits per heavy atom. The number of aryl methyl sites for hydroxylation is 1. The van der Waals surface area contributed by atoms with Crippen LogP contribution < -0.4 is 11.1 Å². The summed E-state index contributed by atoms with van der Waals surface area (Å²) in [4.78, 5) is 11.7. The van der Waals surface area contributed by atoms with Gasteiger partial charge in [0.1, 0.15) is 0 Å². The molecule has 1 amide bonds. The molecule has 1 atom stereocenters. The first kappa shape index (κ1) is 12.7. The average molecular weight is 224 g/mol. The second-order valence-electron chi connectivity index (χ2n) is 3.95. The SMILES string of the molecule is CCc1cc(NC(=O)C(C)CCCN)n[nH]1. The van der Waals surface area contributed by atoms with Crippen molar-refractivity contribution >= 4 is 11.7 Å². The normalized spacial score (nSPS) is 12.4. The van der Waals surface area contributed by atoms with E-state index in [-0.39, 0.29) is 11.8 Å². The Balaban J connectivity index is 2.44. The predicted molar refractivity (Wildman–Crippen MR) is 64.0 cm³/mol. The lowest BCUT2D eigenvalue weighted by atomic mass is 10.1.